The number of hydrogen-bond donors (Lipinski definition) is 0. The van der Waals surface area contributed by atoms with Crippen LogP contribution in [0.15, 0.2) is 237 Å². The highest BCUT2D eigenvalue weighted by Crippen LogP contribution is 2.66. The SMILES string of the molecule is c1ccc(N(c2ccccc2)c2c(N(c3ccccc3)c3cccc4c3sc3ccccc34)ccc3c2-c2ccccc2C32c3ccccc3-c3cc(-c4ccncc4)ccc32)cc1. The van der Waals surface area contributed by atoms with Crippen LogP contribution in [0, 0.1) is 0 Å². The summed E-state index contributed by atoms with van der Waals surface area (Å²) in [6.07, 6.45) is 3.76. The first kappa shape index (κ1) is 36.6. The largest absolute Gasteiger partial charge is 0.308 e. The van der Waals surface area contributed by atoms with Gasteiger partial charge in [-0.05, 0) is 123 Å². The first-order chi connectivity index (χ1) is 31.8. The van der Waals surface area contributed by atoms with Gasteiger partial charge < -0.3 is 9.80 Å². The highest BCUT2D eigenvalue weighted by Gasteiger charge is 2.53. The van der Waals surface area contributed by atoms with E-state index in [1.54, 1.807) is 0 Å². The first-order valence-electron chi connectivity index (χ1n) is 21.9. The third-order valence-corrected chi connectivity index (χ3v) is 14.6. The van der Waals surface area contributed by atoms with Crippen LogP contribution in [-0.2, 0) is 5.41 Å². The van der Waals surface area contributed by atoms with Gasteiger partial charge in [0.05, 0.1) is 27.2 Å². The lowest BCUT2D eigenvalue weighted by Gasteiger charge is -2.36. The van der Waals surface area contributed by atoms with Crippen LogP contribution >= 0.6 is 11.3 Å². The molecule has 9 aromatic carbocycles. The summed E-state index contributed by atoms with van der Waals surface area (Å²) in [6.45, 7) is 0. The minimum atomic E-state index is -0.565. The predicted molar refractivity (Wildman–Crippen MR) is 268 cm³/mol. The number of anilines is 6. The summed E-state index contributed by atoms with van der Waals surface area (Å²) >= 11 is 1.87. The van der Waals surface area contributed by atoms with E-state index in [4.69, 9.17) is 0 Å². The number of rotatable bonds is 7. The molecule has 0 saturated carbocycles. The van der Waals surface area contributed by atoms with Crippen molar-refractivity contribution in [3.63, 3.8) is 0 Å². The summed E-state index contributed by atoms with van der Waals surface area (Å²) in [5.41, 5.74) is 18.6. The minimum absolute atomic E-state index is 0.565. The summed E-state index contributed by atoms with van der Waals surface area (Å²) in [4.78, 5) is 9.34. The first-order valence-corrected chi connectivity index (χ1v) is 22.7. The van der Waals surface area contributed by atoms with Crippen LogP contribution in [0.2, 0.25) is 0 Å². The number of nitrogens with zero attached hydrogens (tertiary/aromatic N) is 3. The van der Waals surface area contributed by atoms with Crippen molar-refractivity contribution in [1.82, 2.24) is 4.98 Å². The highest BCUT2D eigenvalue weighted by atomic mass is 32.1. The van der Waals surface area contributed by atoms with Gasteiger partial charge in [0.25, 0.3) is 0 Å². The predicted octanol–water partition coefficient (Wildman–Crippen LogP) is 16.4. The number of fused-ring (bicyclic) bond motifs is 13. The van der Waals surface area contributed by atoms with Crippen molar-refractivity contribution in [2.75, 3.05) is 9.80 Å². The van der Waals surface area contributed by atoms with E-state index >= 15 is 0 Å². The average Bonchev–Trinajstić information content (AvgIpc) is 4.00. The van der Waals surface area contributed by atoms with E-state index in [0.717, 1.165) is 39.7 Å². The third kappa shape index (κ3) is 5.30. The van der Waals surface area contributed by atoms with Crippen LogP contribution < -0.4 is 9.80 Å². The van der Waals surface area contributed by atoms with Gasteiger partial charge in [-0.2, -0.15) is 0 Å². The molecule has 0 radical (unpaired) electrons. The van der Waals surface area contributed by atoms with Gasteiger partial charge in [-0.3, -0.25) is 4.98 Å². The van der Waals surface area contributed by atoms with Crippen molar-refractivity contribution >= 4 is 65.6 Å². The van der Waals surface area contributed by atoms with E-state index in [0.29, 0.717) is 0 Å². The summed E-state index contributed by atoms with van der Waals surface area (Å²) in [5, 5.41) is 2.54. The number of benzene rings is 9. The molecule has 13 rings (SSSR count). The topological polar surface area (TPSA) is 19.4 Å². The van der Waals surface area contributed by atoms with Gasteiger partial charge in [0.2, 0.25) is 0 Å². The highest BCUT2D eigenvalue weighted by molar-refractivity contribution is 7.26. The lowest BCUT2D eigenvalue weighted by Crippen LogP contribution is -2.26. The number of para-hydroxylation sites is 3. The summed E-state index contributed by atoms with van der Waals surface area (Å²) in [5.74, 6) is 0. The second kappa shape index (κ2) is 14.5. The zero-order chi connectivity index (χ0) is 42.2. The lowest BCUT2D eigenvalue weighted by atomic mass is 9.70. The van der Waals surface area contributed by atoms with E-state index in [-0.39, 0.29) is 0 Å². The molecule has 3 nitrogen and oxygen atoms in total. The van der Waals surface area contributed by atoms with Crippen molar-refractivity contribution in [2.24, 2.45) is 0 Å². The molecule has 300 valence electrons. The fourth-order valence-corrected chi connectivity index (χ4v) is 12.0. The van der Waals surface area contributed by atoms with Crippen molar-refractivity contribution in [3.8, 4) is 33.4 Å². The van der Waals surface area contributed by atoms with Crippen LogP contribution in [0.25, 0.3) is 53.6 Å². The Kier molecular flexibility index (Phi) is 8.30. The monoisotopic (exact) mass is 833 g/mol. The van der Waals surface area contributed by atoms with Crippen LogP contribution in [0.5, 0.6) is 0 Å². The molecule has 0 amide bonds. The molecule has 0 N–H and O–H groups in total. The van der Waals surface area contributed by atoms with E-state index in [9.17, 15) is 0 Å². The average molecular weight is 834 g/mol. The lowest BCUT2D eigenvalue weighted by molar-refractivity contribution is 0.794. The molecule has 2 aliphatic carbocycles. The Balaban J connectivity index is 1.18. The molecule has 2 heterocycles. The molecule has 2 aromatic heterocycles. The number of thiophene rings is 1. The van der Waals surface area contributed by atoms with Gasteiger partial charge in [0, 0.05) is 50.5 Å². The summed E-state index contributed by atoms with van der Waals surface area (Å²) < 4.78 is 2.54. The maximum atomic E-state index is 4.33. The quantitative estimate of drug-likeness (QED) is 0.159. The summed E-state index contributed by atoms with van der Waals surface area (Å²) in [7, 11) is 0. The number of hydrogen-bond acceptors (Lipinski definition) is 4. The molecule has 0 aliphatic heterocycles. The van der Waals surface area contributed by atoms with Crippen LogP contribution in [0.3, 0.4) is 0 Å². The van der Waals surface area contributed by atoms with Crippen LogP contribution in [0.4, 0.5) is 34.1 Å². The van der Waals surface area contributed by atoms with Crippen molar-refractivity contribution in [2.45, 2.75) is 5.41 Å². The van der Waals surface area contributed by atoms with Gasteiger partial charge in [-0.1, -0.05) is 152 Å². The normalized spacial score (nSPS) is 14.3. The Labute approximate surface area is 376 Å². The molecule has 64 heavy (non-hydrogen) atoms. The molecule has 1 atom stereocenters. The zero-order valence-corrected chi connectivity index (χ0v) is 35.6. The molecule has 4 heteroatoms. The Bertz CT molecular complexity index is 3530. The van der Waals surface area contributed by atoms with Crippen LogP contribution in [-0.4, -0.2) is 4.98 Å². The zero-order valence-electron chi connectivity index (χ0n) is 34.8. The standard InChI is InChI=1S/C60H39N3S/c1-4-17-42(18-5-1)62(43-19-6-2-7-20-43)58-54(63(44-21-8-3-9-22-44)55-29-16-26-47-46-24-12-15-30-56(46)64-59(47)55)34-33-53-57(58)48-25-11-14-28-51(48)60(53)50-27-13-10-23-45(50)49-39-41(31-32-52(49)60)40-35-37-61-38-36-40/h1-39H. The van der Waals surface area contributed by atoms with Gasteiger partial charge in [0.1, 0.15) is 0 Å². The molecule has 1 unspecified atom stereocenters. The summed E-state index contributed by atoms with van der Waals surface area (Å²) in [6, 6.07) is 82.8. The second-order valence-electron chi connectivity index (χ2n) is 16.6. The second-order valence-corrected chi connectivity index (χ2v) is 17.7. The van der Waals surface area contributed by atoms with E-state index in [1.165, 1.54) is 70.2 Å². The smallest absolute Gasteiger partial charge is 0.0784 e. The Morgan fingerprint density at radius 2 is 0.938 bits per heavy atom. The minimum Gasteiger partial charge on any atom is -0.308 e. The van der Waals surface area contributed by atoms with Gasteiger partial charge >= 0.3 is 0 Å². The maximum absolute atomic E-state index is 4.33. The van der Waals surface area contributed by atoms with Gasteiger partial charge in [0.15, 0.2) is 0 Å². The molecular weight excluding hydrogens is 795 g/mol. The Hall–Kier alpha value is -8.05. The number of aromatic nitrogens is 1. The van der Waals surface area contributed by atoms with E-state index < -0.39 is 5.41 Å². The Morgan fingerprint density at radius 1 is 0.375 bits per heavy atom. The molecule has 11 aromatic rings. The van der Waals surface area contributed by atoms with Gasteiger partial charge in [-0.15, -0.1) is 11.3 Å². The van der Waals surface area contributed by atoms with Gasteiger partial charge in [-0.25, -0.2) is 0 Å². The van der Waals surface area contributed by atoms with E-state index in [1.807, 2.05) is 23.7 Å². The third-order valence-electron chi connectivity index (χ3n) is 13.4. The molecule has 2 aliphatic rings. The van der Waals surface area contributed by atoms with Crippen molar-refractivity contribution in [3.05, 3.63) is 259 Å². The molecule has 0 fully saturated rings. The molecule has 0 saturated heterocycles. The fraction of sp³-hybridized carbons (Fsp3) is 0.0167. The molecule has 1 spiro atoms. The van der Waals surface area contributed by atoms with E-state index in [2.05, 4.69) is 239 Å². The molecular formula is C60H39N3S. The maximum Gasteiger partial charge on any atom is 0.0784 e. The van der Waals surface area contributed by atoms with Crippen molar-refractivity contribution in [1.29, 1.82) is 0 Å². The Morgan fingerprint density at radius 3 is 1.66 bits per heavy atom. The fourth-order valence-electron chi connectivity index (χ4n) is 10.8. The van der Waals surface area contributed by atoms with Crippen molar-refractivity contribution < 1.29 is 0 Å². The van der Waals surface area contributed by atoms with Crippen LogP contribution in [0.1, 0.15) is 22.3 Å². The number of pyridine rings is 1. The molecule has 0 bridgehead atoms.